The van der Waals surface area contributed by atoms with Crippen LogP contribution in [0.1, 0.15) is 20.8 Å². The van der Waals surface area contributed by atoms with E-state index in [1.807, 2.05) is 11.4 Å². The lowest BCUT2D eigenvalue weighted by atomic mass is 10.2. The highest BCUT2D eigenvalue weighted by Gasteiger charge is 2.08. The van der Waals surface area contributed by atoms with Crippen molar-refractivity contribution in [3.63, 3.8) is 0 Å². The Morgan fingerprint density at radius 3 is 2.90 bits per heavy atom. The van der Waals surface area contributed by atoms with E-state index in [0.717, 1.165) is 16.5 Å². The third-order valence-corrected chi connectivity index (χ3v) is 3.42. The lowest BCUT2D eigenvalue weighted by Gasteiger charge is -2.03. The van der Waals surface area contributed by atoms with E-state index in [9.17, 15) is 14.7 Å². The van der Waals surface area contributed by atoms with Crippen LogP contribution in [0.25, 0.3) is 0 Å². The molecule has 0 radical (unpaired) electrons. The minimum atomic E-state index is -0.544. The summed E-state index contributed by atoms with van der Waals surface area (Å²) in [6, 6.07) is 4.10. The number of hydrogen-bond acceptors (Lipinski definition) is 5. The molecule has 0 aliphatic carbocycles. The lowest BCUT2D eigenvalue weighted by Crippen LogP contribution is -2.23. The molecule has 0 saturated heterocycles. The van der Waals surface area contributed by atoms with Crippen LogP contribution in [-0.2, 0) is 6.54 Å². The van der Waals surface area contributed by atoms with Crippen molar-refractivity contribution in [3.05, 3.63) is 49.9 Å². The van der Waals surface area contributed by atoms with Crippen LogP contribution in [-0.4, -0.2) is 27.7 Å². The quantitative estimate of drug-likeness (QED) is 0.617. The third kappa shape index (κ3) is 4.21. The Morgan fingerprint density at radius 2 is 2.19 bits per heavy atom. The maximum Gasteiger partial charge on any atom is 0.251 e. The van der Waals surface area contributed by atoms with Crippen molar-refractivity contribution in [1.29, 1.82) is 0 Å². The monoisotopic (exact) mass is 304 g/mol. The van der Waals surface area contributed by atoms with Crippen LogP contribution >= 0.6 is 11.3 Å². The Labute approximate surface area is 124 Å². The van der Waals surface area contributed by atoms with Crippen LogP contribution in [0.15, 0.2) is 28.4 Å². The number of amides is 1. The molecule has 0 atom stereocenters. The maximum absolute atomic E-state index is 11.9. The Hall–Kier alpha value is -2.56. The van der Waals surface area contributed by atoms with Crippen LogP contribution in [0.5, 0.6) is 5.88 Å². The first kappa shape index (κ1) is 14.8. The van der Waals surface area contributed by atoms with Gasteiger partial charge in [0.15, 0.2) is 5.88 Å². The molecule has 6 nitrogen and oxygen atoms in total. The number of hydrogen-bond donors (Lipinski definition) is 4. The van der Waals surface area contributed by atoms with Gasteiger partial charge in [0.2, 0.25) is 0 Å². The van der Waals surface area contributed by atoms with E-state index >= 15 is 0 Å². The van der Waals surface area contributed by atoms with Crippen molar-refractivity contribution in [2.75, 3.05) is 6.61 Å². The van der Waals surface area contributed by atoms with Gasteiger partial charge >= 0.3 is 0 Å². The molecule has 0 fully saturated rings. The third-order valence-electron chi connectivity index (χ3n) is 2.48. The van der Waals surface area contributed by atoms with Crippen molar-refractivity contribution >= 4 is 17.2 Å². The van der Waals surface area contributed by atoms with E-state index in [4.69, 9.17) is 5.11 Å². The van der Waals surface area contributed by atoms with Gasteiger partial charge in [0.1, 0.15) is 6.61 Å². The molecular weight excluding hydrogens is 292 g/mol. The zero-order chi connectivity index (χ0) is 15.2. The molecule has 0 aromatic carbocycles. The van der Waals surface area contributed by atoms with Gasteiger partial charge in [-0.1, -0.05) is 11.8 Å². The SMILES string of the molecule is O=C(NCc1cc(C#CCO)cs1)c1cc(O)[nH]c(=O)c1. The highest BCUT2D eigenvalue weighted by Crippen LogP contribution is 2.14. The van der Waals surface area contributed by atoms with Gasteiger partial charge in [0.05, 0.1) is 12.1 Å². The molecule has 2 rings (SSSR count). The molecule has 2 heterocycles. The van der Waals surface area contributed by atoms with Gasteiger partial charge in [-0.3, -0.25) is 14.6 Å². The predicted molar refractivity (Wildman–Crippen MR) is 78.2 cm³/mol. The summed E-state index contributed by atoms with van der Waals surface area (Å²) in [5, 5.41) is 22.3. The molecule has 4 N–H and O–H groups in total. The van der Waals surface area contributed by atoms with Gasteiger partial charge in [0.25, 0.3) is 11.5 Å². The minimum absolute atomic E-state index is 0.0908. The number of rotatable bonds is 3. The minimum Gasteiger partial charge on any atom is -0.494 e. The number of pyridine rings is 1. The second kappa shape index (κ2) is 6.74. The van der Waals surface area contributed by atoms with Crippen LogP contribution in [0.4, 0.5) is 0 Å². The number of aliphatic hydroxyl groups excluding tert-OH is 1. The van der Waals surface area contributed by atoms with E-state index in [1.54, 1.807) is 0 Å². The molecule has 0 aliphatic rings. The van der Waals surface area contributed by atoms with E-state index < -0.39 is 11.5 Å². The molecular formula is C14H12N2O4S. The number of aromatic hydroxyl groups is 1. The highest BCUT2D eigenvalue weighted by molar-refractivity contribution is 7.10. The Morgan fingerprint density at radius 1 is 1.38 bits per heavy atom. The highest BCUT2D eigenvalue weighted by atomic mass is 32.1. The molecule has 21 heavy (non-hydrogen) atoms. The molecule has 2 aromatic heterocycles. The molecule has 0 bridgehead atoms. The number of aliphatic hydroxyl groups is 1. The first-order valence-corrected chi connectivity index (χ1v) is 6.85. The normalized spacial score (nSPS) is 9.76. The van der Waals surface area contributed by atoms with E-state index in [0.29, 0.717) is 0 Å². The number of H-pyrrole nitrogens is 1. The average Bonchev–Trinajstić information content (AvgIpc) is 2.89. The number of aromatic nitrogens is 1. The van der Waals surface area contributed by atoms with E-state index in [2.05, 4.69) is 22.1 Å². The summed E-state index contributed by atoms with van der Waals surface area (Å²) in [6.07, 6.45) is 0. The van der Waals surface area contributed by atoms with E-state index in [-0.39, 0.29) is 24.6 Å². The fourth-order valence-corrected chi connectivity index (χ4v) is 2.37. The molecule has 0 spiro atoms. The number of carbonyl (C=O) groups is 1. The van der Waals surface area contributed by atoms with Gasteiger partial charge in [-0.05, 0) is 6.07 Å². The fraction of sp³-hybridized carbons (Fsp3) is 0.143. The molecule has 1 amide bonds. The van der Waals surface area contributed by atoms with Crippen molar-refractivity contribution < 1.29 is 15.0 Å². The number of thiophene rings is 1. The van der Waals surface area contributed by atoms with Crippen LogP contribution in [0.3, 0.4) is 0 Å². The molecule has 108 valence electrons. The summed E-state index contributed by atoms with van der Waals surface area (Å²) < 4.78 is 0. The van der Waals surface area contributed by atoms with Crippen molar-refractivity contribution in [1.82, 2.24) is 10.3 Å². The Bertz CT molecular complexity index is 767. The predicted octanol–water partition coefficient (Wildman–Crippen LogP) is 0.416. The van der Waals surface area contributed by atoms with Crippen LogP contribution < -0.4 is 10.9 Å². The first-order valence-electron chi connectivity index (χ1n) is 5.97. The first-order chi connectivity index (χ1) is 10.1. The van der Waals surface area contributed by atoms with Crippen molar-refractivity contribution in [2.45, 2.75) is 6.54 Å². The van der Waals surface area contributed by atoms with E-state index in [1.165, 1.54) is 17.4 Å². The molecule has 7 heteroatoms. The number of carbonyl (C=O) groups excluding carboxylic acids is 1. The zero-order valence-electron chi connectivity index (χ0n) is 10.8. The molecule has 0 aliphatic heterocycles. The summed E-state index contributed by atoms with van der Waals surface area (Å²) in [4.78, 5) is 26.1. The van der Waals surface area contributed by atoms with Gasteiger partial charge < -0.3 is 15.5 Å². The second-order valence-electron chi connectivity index (χ2n) is 4.06. The average molecular weight is 304 g/mol. The summed E-state index contributed by atoms with van der Waals surface area (Å²) in [5.74, 6) is 4.50. The van der Waals surface area contributed by atoms with Gasteiger partial charge in [-0.2, -0.15) is 0 Å². The molecule has 2 aromatic rings. The van der Waals surface area contributed by atoms with Crippen molar-refractivity contribution in [3.8, 4) is 17.7 Å². The van der Waals surface area contributed by atoms with Crippen LogP contribution in [0.2, 0.25) is 0 Å². The summed E-state index contributed by atoms with van der Waals surface area (Å²) >= 11 is 1.43. The fourth-order valence-electron chi connectivity index (χ4n) is 1.61. The van der Waals surface area contributed by atoms with Crippen molar-refractivity contribution in [2.24, 2.45) is 0 Å². The maximum atomic E-state index is 11.9. The number of aromatic amines is 1. The molecule has 0 saturated carbocycles. The van der Waals surface area contributed by atoms with Gasteiger partial charge in [-0.25, -0.2) is 0 Å². The largest absolute Gasteiger partial charge is 0.494 e. The second-order valence-corrected chi connectivity index (χ2v) is 5.06. The summed E-state index contributed by atoms with van der Waals surface area (Å²) in [6.45, 7) is 0.0891. The Balaban J connectivity index is 2.00. The number of nitrogens with one attached hydrogen (secondary N) is 2. The van der Waals surface area contributed by atoms with Crippen LogP contribution in [0, 0.1) is 11.8 Å². The van der Waals surface area contributed by atoms with Gasteiger partial charge in [0, 0.05) is 28.0 Å². The topological polar surface area (TPSA) is 102 Å². The van der Waals surface area contributed by atoms with Gasteiger partial charge in [-0.15, -0.1) is 11.3 Å². The lowest BCUT2D eigenvalue weighted by molar-refractivity contribution is 0.0950. The Kier molecular flexibility index (Phi) is 4.77. The molecule has 0 unspecified atom stereocenters. The standard InChI is InChI=1S/C14H12N2O4S/c17-3-1-2-9-4-11(21-8-9)7-15-14(20)10-5-12(18)16-13(19)6-10/h4-6,8,17H,3,7H2,(H,15,20)(H2,16,18,19). The zero-order valence-corrected chi connectivity index (χ0v) is 11.7. The summed E-state index contributed by atoms with van der Waals surface area (Å²) in [7, 11) is 0. The summed E-state index contributed by atoms with van der Waals surface area (Å²) in [5.41, 5.74) is 0.318. The smallest absolute Gasteiger partial charge is 0.251 e.